The highest BCUT2D eigenvalue weighted by molar-refractivity contribution is 9.10. The van der Waals surface area contributed by atoms with Crippen LogP contribution >= 0.6 is 15.9 Å². The van der Waals surface area contributed by atoms with Crippen molar-refractivity contribution in [2.75, 3.05) is 13.1 Å². The second kappa shape index (κ2) is 6.42. The molecule has 0 bridgehead atoms. The fraction of sp³-hybridized carbons (Fsp3) is 0.667. The van der Waals surface area contributed by atoms with Crippen LogP contribution in [0.4, 0.5) is 0 Å². The summed E-state index contributed by atoms with van der Waals surface area (Å²) in [6.07, 6.45) is 1.12. The Bertz CT molecular complexity index is 304. The molecular formula is C12H21BrN2O. The minimum absolute atomic E-state index is 0.214. The van der Waals surface area contributed by atoms with Crippen LogP contribution in [-0.2, 0) is 6.54 Å². The number of hydrogen-bond acceptors (Lipinski definition) is 3. The maximum Gasteiger partial charge on any atom is 0.169 e. The lowest BCUT2D eigenvalue weighted by Crippen LogP contribution is -2.37. The number of furan rings is 1. The molecule has 2 N–H and O–H groups in total. The Morgan fingerprint density at radius 3 is 2.56 bits per heavy atom. The van der Waals surface area contributed by atoms with Crippen molar-refractivity contribution in [2.24, 2.45) is 0 Å². The smallest absolute Gasteiger partial charge is 0.169 e. The van der Waals surface area contributed by atoms with Crippen LogP contribution in [-0.4, -0.2) is 18.6 Å². The van der Waals surface area contributed by atoms with Gasteiger partial charge in [-0.05, 0) is 68.3 Å². The van der Waals surface area contributed by atoms with Crippen LogP contribution in [0.1, 0.15) is 33.0 Å². The van der Waals surface area contributed by atoms with Crippen LogP contribution in [0, 0.1) is 0 Å². The standard InChI is InChI=1S/C12H21BrN2O/c1-12(2,3)15-8-4-7-14-9-10-5-6-11(13)16-10/h5-6,14-15H,4,7-9H2,1-3H3. The average Bonchev–Trinajstić information content (AvgIpc) is 2.56. The predicted molar refractivity (Wildman–Crippen MR) is 70.5 cm³/mol. The molecule has 1 aromatic heterocycles. The van der Waals surface area contributed by atoms with Crippen molar-refractivity contribution < 1.29 is 4.42 Å². The summed E-state index contributed by atoms with van der Waals surface area (Å²) in [5.74, 6) is 0.968. The molecule has 16 heavy (non-hydrogen) atoms. The molecule has 0 atom stereocenters. The average molecular weight is 289 g/mol. The SMILES string of the molecule is CC(C)(C)NCCCNCc1ccc(Br)o1. The van der Waals surface area contributed by atoms with Crippen molar-refractivity contribution in [3.63, 3.8) is 0 Å². The van der Waals surface area contributed by atoms with E-state index in [9.17, 15) is 0 Å². The molecule has 4 heteroatoms. The van der Waals surface area contributed by atoms with Crippen molar-refractivity contribution in [3.8, 4) is 0 Å². The number of rotatable bonds is 6. The van der Waals surface area contributed by atoms with Crippen LogP contribution in [0.3, 0.4) is 0 Å². The highest BCUT2D eigenvalue weighted by Gasteiger charge is 2.06. The fourth-order valence-electron chi connectivity index (χ4n) is 1.34. The van der Waals surface area contributed by atoms with Gasteiger partial charge in [-0.2, -0.15) is 0 Å². The van der Waals surface area contributed by atoms with Gasteiger partial charge in [-0.25, -0.2) is 0 Å². The van der Waals surface area contributed by atoms with E-state index in [0.717, 1.165) is 36.5 Å². The summed E-state index contributed by atoms with van der Waals surface area (Å²) < 4.78 is 6.17. The second-order valence-electron chi connectivity index (χ2n) is 4.91. The Morgan fingerprint density at radius 2 is 2.00 bits per heavy atom. The molecule has 0 aromatic carbocycles. The van der Waals surface area contributed by atoms with Crippen molar-refractivity contribution in [1.29, 1.82) is 0 Å². The van der Waals surface area contributed by atoms with Gasteiger partial charge in [0.1, 0.15) is 5.76 Å². The predicted octanol–water partition coefficient (Wildman–Crippen LogP) is 2.91. The first kappa shape index (κ1) is 13.7. The highest BCUT2D eigenvalue weighted by atomic mass is 79.9. The first-order valence-corrected chi connectivity index (χ1v) is 6.47. The summed E-state index contributed by atoms with van der Waals surface area (Å²) in [5.41, 5.74) is 0.214. The molecule has 0 aliphatic rings. The molecule has 0 saturated carbocycles. The summed E-state index contributed by atoms with van der Waals surface area (Å²) in [6.45, 7) is 9.38. The molecule has 0 saturated heterocycles. The Balaban J connectivity index is 2.00. The van der Waals surface area contributed by atoms with Crippen LogP contribution in [0.5, 0.6) is 0 Å². The molecule has 1 aromatic rings. The van der Waals surface area contributed by atoms with Gasteiger partial charge in [-0.15, -0.1) is 0 Å². The monoisotopic (exact) mass is 288 g/mol. The van der Waals surface area contributed by atoms with E-state index in [1.807, 2.05) is 12.1 Å². The molecule has 0 spiro atoms. The summed E-state index contributed by atoms with van der Waals surface area (Å²) >= 11 is 3.28. The zero-order valence-electron chi connectivity index (χ0n) is 10.3. The largest absolute Gasteiger partial charge is 0.453 e. The molecule has 0 aliphatic heterocycles. The van der Waals surface area contributed by atoms with E-state index < -0.39 is 0 Å². The van der Waals surface area contributed by atoms with E-state index in [4.69, 9.17) is 4.42 Å². The van der Waals surface area contributed by atoms with E-state index >= 15 is 0 Å². The molecule has 0 radical (unpaired) electrons. The Morgan fingerprint density at radius 1 is 1.25 bits per heavy atom. The lowest BCUT2D eigenvalue weighted by Gasteiger charge is -2.20. The molecule has 1 heterocycles. The quantitative estimate of drug-likeness (QED) is 0.791. The van der Waals surface area contributed by atoms with E-state index in [0.29, 0.717) is 0 Å². The zero-order valence-corrected chi connectivity index (χ0v) is 11.9. The molecule has 1 rings (SSSR count). The maximum atomic E-state index is 5.38. The van der Waals surface area contributed by atoms with Gasteiger partial charge in [0.2, 0.25) is 0 Å². The Kier molecular flexibility index (Phi) is 5.52. The van der Waals surface area contributed by atoms with Gasteiger partial charge in [0.15, 0.2) is 4.67 Å². The van der Waals surface area contributed by atoms with Crippen molar-refractivity contribution in [2.45, 2.75) is 39.3 Å². The van der Waals surface area contributed by atoms with Gasteiger partial charge in [0.25, 0.3) is 0 Å². The van der Waals surface area contributed by atoms with E-state index in [-0.39, 0.29) is 5.54 Å². The molecule has 3 nitrogen and oxygen atoms in total. The molecular weight excluding hydrogens is 268 g/mol. The van der Waals surface area contributed by atoms with E-state index in [1.165, 1.54) is 0 Å². The molecule has 0 amide bonds. The summed E-state index contributed by atoms with van der Waals surface area (Å²) in [6, 6.07) is 3.89. The second-order valence-corrected chi connectivity index (χ2v) is 5.69. The van der Waals surface area contributed by atoms with Crippen LogP contribution in [0.25, 0.3) is 0 Å². The third-order valence-electron chi connectivity index (χ3n) is 2.11. The molecule has 92 valence electrons. The van der Waals surface area contributed by atoms with Crippen LogP contribution in [0.2, 0.25) is 0 Å². The lowest BCUT2D eigenvalue weighted by molar-refractivity contribution is 0.413. The van der Waals surface area contributed by atoms with Gasteiger partial charge in [-0.1, -0.05) is 0 Å². The van der Waals surface area contributed by atoms with E-state index in [1.54, 1.807) is 0 Å². The van der Waals surface area contributed by atoms with Crippen LogP contribution < -0.4 is 10.6 Å². The van der Waals surface area contributed by atoms with Gasteiger partial charge in [0.05, 0.1) is 6.54 Å². The van der Waals surface area contributed by atoms with Crippen molar-refractivity contribution in [3.05, 3.63) is 22.6 Å². The Labute approximate surface area is 106 Å². The summed E-state index contributed by atoms with van der Waals surface area (Å²) in [4.78, 5) is 0. The van der Waals surface area contributed by atoms with Gasteiger partial charge in [-0.3, -0.25) is 0 Å². The minimum atomic E-state index is 0.214. The highest BCUT2D eigenvalue weighted by Crippen LogP contribution is 2.13. The van der Waals surface area contributed by atoms with Gasteiger partial charge in [0, 0.05) is 5.54 Å². The third kappa shape index (κ3) is 6.30. The first-order valence-electron chi connectivity index (χ1n) is 5.67. The number of hydrogen-bond donors (Lipinski definition) is 2. The van der Waals surface area contributed by atoms with E-state index in [2.05, 4.69) is 47.3 Å². The van der Waals surface area contributed by atoms with Crippen molar-refractivity contribution in [1.82, 2.24) is 10.6 Å². The third-order valence-corrected chi connectivity index (χ3v) is 2.54. The van der Waals surface area contributed by atoms with Gasteiger partial charge >= 0.3 is 0 Å². The first-order chi connectivity index (χ1) is 7.47. The molecule has 0 unspecified atom stereocenters. The normalized spacial score (nSPS) is 12.0. The summed E-state index contributed by atoms with van der Waals surface area (Å²) in [7, 11) is 0. The topological polar surface area (TPSA) is 37.2 Å². The number of halogens is 1. The zero-order chi connectivity index (χ0) is 12.0. The maximum absolute atomic E-state index is 5.38. The minimum Gasteiger partial charge on any atom is -0.453 e. The lowest BCUT2D eigenvalue weighted by atomic mass is 10.1. The summed E-state index contributed by atoms with van der Waals surface area (Å²) in [5, 5.41) is 6.80. The van der Waals surface area contributed by atoms with Crippen LogP contribution in [0.15, 0.2) is 21.2 Å². The fourth-order valence-corrected chi connectivity index (χ4v) is 1.68. The Hall–Kier alpha value is -0.320. The van der Waals surface area contributed by atoms with Gasteiger partial charge < -0.3 is 15.1 Å². The number of nitrogens with one attached hydrogen (secondary N) is 2. The molecule has 0 aliphatic carbocycles. The molecule has 0 fully saturated rings. The van der Waals surface area contributed by atoms with Crippen molar-refractivity contribution >= 4 is 15.9 Å².